The van der Waals surface area contributed by atoms with E-state index >= 15 is 0 Å². The van der Waals surface area contributed by atoms with Crippen molar-refractivity contribution in [1.82, 2.24) is 9.21 Å². The number of amides is 2. The fourth-order valence-corrected chi connectivity index (χ4v) is 8.56. The largest absolute Gasteiger partial charge is 0.384 e. The van der Waals surface area contributed by atoms with Crippen molar-refractivity contribution in [1.29, 1.82) is 0 Å². The lowest BCUT2D eigenvalue weighted by Crippen LogP contribution is -2.80. The van der Waals surface area contributed by atoms with Crippen LogP contribution in [0.4, 0.5) is 5.69 Å². The van der Waals surface area contributed by atoms with Crippen molar-refractivity contribution < 1.29 is 22.7 Å². The molecule has 11 heteroatoms. The Morgan fingerprint density at radius 2 is 2.03 bits per heavy atom. The van der Waals surface area contributed by atoms with Crippen LogP contribution in [0.15, 0.2) is 17.0 Å². The van der Waals surface area contributed by atoms with Crippen LogP contribution in [0.2, 0.25) is 10.0 Å². The van der Waals surface area contributed by atoms with Crippen molar-refractivity contribution in [3.8, 4) is 12.3 Å². The van der Waals surface area contributed by atoms with Gasteiger partial charge in [0.25, 0.3) is 0 Å². The van der Waals surface area contributed by atoms with E-state index < -0.39 is 27.4 Å². The molecular formula is C22H25Cl2N3O5S. The van der Waals surface area contributed by atoms with Gasteiger partial charge in [-0.05, 0) is 25.0 Å². The standard InChI is InChI=1S/C22H25Cl2N3O5S/c1-4-8-26-11-14(12-32-3)22-7-5-6-18(22)27(20(22)21(26)29)33(30,31)15-9-16(23)19(17(24)10-15)25-13(2)28/h1,9-10,14,18,20H,5-8,11-12H2,2-3H3,(H,25,28)/t14-,18?,20?,22?/m1/s1. The molecule has 0 bridgehead atoms. The summed E-state index contributed by atoms with van der Waals surface area (Å²) in [6.07, 6.45) is 7.70. The Bertz CT molecular complexity index is 1130. The van der Waals surface area contributed by atoms with Crippen LogP contribution >= 0.6 is 23.2 Å². The second kappa shape index (κ2) is 8.75. The van der Waals surface area contributed by atoms with Crippen LogP contribution in [-0.4, -0.2) is 68.3 Å². The summed E-state index contributed by atoms with van der Waals surface area (Å²) in [5.74, 6) is 1.80. The number of benzene rings is 1. The first-order valence-electron chi connectivity index (χ1n) is 10.6. The Hall–Kier alpha value is -1.83. The molecule has 1 aliphatic carbocycles. The van der Waals surface area contributed by atoms with E-state index in [2.05, 4.69) is 11.2 Å². The number of terminal acetylenes is 1. The number of ether oxygens (including phenoxy) is 1. The number of halogens is 2. The second-order valence-corrected chi connectivity index (χ2v) is 11.4. The molecule has 4 atom stereocenters. The fraction of sp³-hybridized carbons (Fsp3) is 0.545. The van der Waals surface area contributed by atoms with Gasteiger partial charge in [-0.25, -0.2) is 8.42 Å². The van der Waals surface area contributed by atoms with Crippen LogP contribution in [0.25, 0.3) is 0 Å². The molecule has 1 aromatic rings. The maximum Gasteiger partial charge on any atom is 0.244 e. The molecule has 2 heterocycles. The summed E-state index contributed by atoms with van der Waals surface area (Å²) in [6, 6.07) is 1.33. The van der Waals surface area contributed by atoms with E-state index in [1.54, 1.807) is 7.11 Å². The molecule has 8 nitrogen and oxygen atoms in total. The minimum atomic E-state index is -4.12. The van der Waals surface area contributed by atoms with E-state index in [1.807, 2.05) is 0 Å². The van der Waals surface area contributed by atoms with Crippen LogP contribution < -0.4 is 5.32 Å². The minimum Gasteiger partial charge on any atom is -0.384 e. The van der Waals surface area contributed by atoms with Crippen LogP contribution in [-0.2, 0) is 24.3 Å². The van der Waals surface area contributed by atoms with Gasteiger partial charge in [-0.15, -0.1) is 6.42 Å². The van der Waals surface area contributed by atoms with Gasteiger partial charge in [-0.1, -0.05) is 35.5 Å². The lowest BCUT2D eigenvalue weighted by atomic mass is 9.58. The lowest BCUT2D eigenvalue weighted by molar-refractivity contribution is -0.185. The summed E-state index contributed by atoms with van der Waals surface area (Å²) in [4.78, 5) is 26.3. The zero-order valence-corrected chi connectivity index (χ0v) is 20.6. The normalized spacial score (nSPS) is 29.1. The van der Waals surface area contributed by atoms with Crippen LogP contribution in [0, 0.1) is 23.7 Å². The first-order chi connectivity index (χ1) is 15.6. The zero-order chi connectivity index (χ0) is 24.1. The van der Waals surface area contributed by atoms with Crippen molar-refractivity contribution >= 4 is 50.7 Å². The highest BCUT2D eigenvalue weighted by molar-refractivity contribution is 7.89. The molecule has 4 rings (SSSR count). The van der Waals surface area contributed by atoms with Crippen LogP contribution in [0.5, 0.6) is 0 Å². The van der Waals surface area contributed by atoms with Gasteiger partial charge in [0, 0.05) is 38.0 Å². The second-order valence-electron chi connectivity index (χ2n) is 8.78. The molecule has 2 amide bonds. The van der Waals surface area contributed by atoms with Crippen molar-refractivity contribution in [2.45, 2.75) is 43.2 Å². The van der Waals surface area contributed by atoms with Gasteiger partial charge in [0.15, 0.2) is 0 Å². The smallest absolute Gasteiger partial charge is 0.244 e. The van der Waals surface area contributed by atoms with E-state index in [0.717, 1.165) is 12.8 Å². The number of likely N-dealkylation sites (tertiary alicyclic amines) is 1. The van der Waals surface area contributed by atoms with E-state index in [4.69, 9.17) is 34.4 Å². The highest BCUT2D eigenvalue weighted by Gasteiger charge is 2.73. The molecule has 33 heavy (non-hydrogen) atoms. The number of hydrogen-bond acceptors (Lipinski definition) is 5. The van der Waals surface area contributed by atoms with Crippen molar-refractivity contribution in [2.24, 2.45) is 11.3 Å². The average molecular weight is 514 g/mol. The van der Waals surface area contributed by atoms with Gasteiger partial charge in [-0.2, -0.15) is 4.31 Å². The summed E-state index contributed by atoms with van der Waals surface area (Å²) < 4.78 is 34.4. The molecule has 1 saturated carbocycles. The number of nitrogens with zero attached hydrogens (tertiary/aromatic N) is 2. The van der Waals surface area contributed by atoms with Crippen LogP contribution in [0.1, 0.15) is 26.2 Å². The van der Waals surface area contributed by atoms with Gasteiger partial charge in [0.1, 0.15) is 6.04 Å². The van der Waals surface area contributed by atoms with Gasteiger partial charge in [-0.3, -0.25) is 9.59 Å². The summed E-state index contributed by atoms with van der Waals surface area (Å²) >= 11 is 12.5. The summed E-state index contributed by atoms with van der Waals surface area (Å²) in [5, 5.41) is 2.49. The van der Waals surface area contributed by atoms with Gasteiger partial charge in [0.05, 0.1) is 33.8 Å². The quantitative estimate of drug-likeness (QED) is 0.589. The van der Waals surface area contributed by atoms with E-state index in [9.17, 15) is 18.0 Å². The van der Waals surface area contributed by atoms with Crippen molar-refractivity contribution in [3.63, 3.8) is 0 Å². The summed E-state index contributed by atoms with van der Waals surface area (Å²) in [5.41, 5.74) is -0.340. The SMILES string of the molecule is C#CCN1C[C@H](COC)C23CCCC2N(S(=O)(=O)c2cc(Cl)c(NC(C)=O)c(Cl)c2)C3C1=O. The number of nitrogens with one attached hydrogen (secondary N) is 1. The third kappa shape index (κ3) is 3.63. The Labute approximate surface area is 203 Å². The number of sulfonamides is 1. The van der Waals surface area contributed by atoms with Crippen molar-refractivity contribution in [3.05, 3.63) is 22.2 Å². The Kier molecular flexibility index (Phi) is 6.44. The fourth-order valence-electron chi connectivity index (χ4n) is 5.88. The average Bonchev–Trinajstić information content (AvgIpc) is 3.05. The Morgan fingerprint density at radius 3 is 2.61 bits per heavy atom. The first kappa shape index (κ1) is 24.3. The lowest BCUT2D eigenvalue weighted by Gasteiger charge is -2.65. The molecule has 2 saturated heterocycles. The third-order valence-electron chi connectivity index (χ3n) is 7.07. The molecule has 0 aromatic heterocycles. The number of carbonyl (C=O) groups is 2. The predicted molar refractivity (Wildman–Crippen MR) is 124 cm³/mol. The number of methoxy groups -OCH3 is 1. The molecule has 3 aliphatic rings. The Morgan fingerprint density at radius 1 is 1.36 bits per heavy atom. The predicted octanol–water partition coefficient (Wildman–Crippen LogP) is 2.60. The van der Waals surface area contributed by atoms with E-state index in [1.165, 1.54) is 28.3 Å². The minimum absolute atomic E-state index is 0.00401. The molecule has 3 fully saturated rings. The first-order valence-corrected chi connectivity index (χ1v) is 12.8. The highest BCUT2D eigenvalue weighted by Crippen LogP contribution is 2.62. The molecule has 178 valence electrons. The monoisotopic (exact) mass is 513 g/mol. The van der Waals surface area contributed by atoms with E-state index in [-0.39, 0.29) is 45.0 Å². The number of hydrogen-bond donors (Lipinski definition) is 1. The van der Waals surface area contributed by atoms with Gasteiger partial charge < -0.3 is 15.0 Å². The van der Waals surface area contributed by atoms with E-state index in [0.29, 0.717) is 19.6 Å². The molecule has 3 unspecified atom stereocenters. The maximum atomic E-state index is 13.8. The molecule has 1 spiro atoms. The molecule has 1 aromatic carbocycles. The summed E-state index contributed by atoms with van der Waals surface area (Å²) in [6.45, 7) is 2.26. The van der Waals surface area contributed by atoms with Crippen molar-refractivity contribution in [2.75, 3.05) is 32.1 Å². The molecule has 0 radical (unpaired) electrons. The number of anilines is 1. The number of piperidine rings is 1. The molecule has 2 aliphatic heterocycles. The Balaban J connectivity index is 1.77. The number of carbonyl (C=O) groups excluding carboxylic acids is 2. The number of rotatable bonds is 6. The summed E-state index contributed by atoms with van der Waals surface area (Å²) in [7, 11) is -2.52. The molecule has 1 N–H and O–H groups in total. The zero-order valence-electron chi connectivity index (χ0n) is 18.3. The maximum absolute atomic E-state index is 13.8. The highest BCUT2D eigenvalue weighted by atomic mass is 35.5. The van der Waals surface area contributed by atoms with Crippen LogP contribution in [0.3, 0.4) is 0 Å². The van der Waals surface area contributed by atoms with Gasteiger partial charge >= 0.3 is 0 Å². The molecular weight excluding hydrogens is 489 g/mol. The van der Waals surface area contributed by atoms with Gasteiger partial charge in [0.2, 0.25) is 21.8 Å². The topological polar surface area (TPSA) is 96.0 Å². The third-order valence-corrected chi connectivity index (χ3v) is 9.51.